The number of likely N-dealkylation sites (tertiary alicyclic amines) is 1. The van der Waals surface area contributed by atoms with E-state index in [4.69, 9.17) is 20.2 Å². The molecule has 0 bridgehead atoms. The highest BCUT2D eigenvalue weighted by atomic mass is 16.5. The lowest BCUT2D eigenvalue weighted by Gasteiger charge is -2.32. The van der Waals surface area contributed by atoms with Gasteiger partial charge in [-0.05, 0) is 43.2 Å². The number of anilines is 1. The van der Waals surface area contributed by atoms with E-state index in [9.17, 15) is 14.7 Å². The number of piperidine rings is 1. The van der Waals surface area contributed by atoms with E-state index in [0.717, 1.165) is 22.4 Å². The molecule has 3 N–H and O–H groups in total. The summed E-state index contributed by atoms with van der Waals surface area (Å²) in [6.07, 6.45) is 8.05. The Morgan fingerprint density at radius 3 is 2.47 bits per heavy atom. The van der Waals surface area contributed by atoms with Gasteiger partial charge in [0.25, 0.3) is 5.91 Å². The number of rotatable bonds is 7. The van der Waals surface area contributed by atoms with Crippen LogP contribution in [-0.2, 0) is 0 Å². The Bertz CT molecular complexity index is 1830. The molecule has 218 valence electrons. The molecule has 43 heavy (non-hydrogen) atoms. The summed E-state index contributed by atoms with van der Waals surface area (Å²) in [5.41, 5.74) is 11.1. The first kappa shape index (κ1) is 27.6. The molecule has 1 aliphatic rings. The third kappa shape index (κ3) is 4.96. The molecule has 0 radical (unpaired) electrons. The number of aromatic hydroxyl groups is 1. The Balaban J connectivity index is 1.28. The maximum Gasteiger partial charge on any atom is 0.259 e. The normalized spacial score (nSPS) is 13.7. The molecule has 6 rings (SSSR count). The van der Waals surface area contributed by atoms with Gasteiger partial charge in [0.2, 0.25) is 0 Å². The van der Waals surface area contributed by atoms with Crippen molar-refractivity contribution < 1.29 is 24.2 Å². The number of nitrogen functional groups attached to an aromatic ring is 1. The lowest BCUT2D eigenvalue weighted by Crippen LogP contribution is -2.38. The summed E-state index contributed by atoms with van der Waals surface area (Å²) < 4.78 is 12.2. The number of pyridine rings is 2. The molecular formula is C31H29N7O5. The minimum Gasteiger partial charge on any atom is -0.507 e. The fourth-order valence-corrected chi connectivity index (χ4v) is 5.48. The standard InChI is InChI=1S/C31H29N7O5/c1-42-26-6-4-19(13-27(26)43-2)24-5-3-20(14-34-24)21-16-35-38-29(32)23(17-39)28(36-30(21)38)18-8-11-37(12-9-18)31(41)22-15-33-10-7-25(22)40/h3-7,10,13-18H,8-9,11-12,32H2,1-2H3,(H,33,40). The number of ether oxygens (including phenoxy) is 2. The minimum atomic E-state index is -0.287. The second-order valence-corrected chi connectivity index (χ2v) is 10.2. The van der Waals surface area contributed by atoms with Crippen molar-refractivity contribution >= 4 is 23.7 Å². The number of carbonyl (C=O) groups excluding carboxylic acids is 2. The molecule has 1 aromatic carbocycles. The van der Waals surface area contributed by atoms with Crippen molar-refractivity contribution in [3.05, 3.63) is 78.0 Å². The van der Waals surface area contributed by atoms with Crippen LogP contribution in [0.5, 0.6) is 17.2 Å². The molecule has 0 atom stereocenters. The van der Waals surface area contributed by atoms with Gasteiger partial charge in [0, 0.05) is 54.3 Å². The monoisotopic (exact) mass is 579 g/mol. The van der Waals surface area contributed by atoms with Gasteiger partial charge < -0.3 is 25.2 Å². The molecule has 12 nitrogen and oxygen atoms in total. The van der Waals surface area contributed by atoms with E-state index in [0.29, 0.717) is 60.6 Å². The number of nitrogens with zero attached hydrogens (tertiary/aromatic N) is 6. The Morgan fingerprint density at radius 2 is 1.79 bits per heavy atom. The SMILES string of the molecule is COc1ccc(-c2ccc(-c3cnn4c(N)c(C=O)c(C5CCN(C(=O)c6cnccc6O)CC5)nc34)cn2)cc1OC. The number of carbonyl (C=O) groups is 2. The molecule has 1 aliphatic heterocycles. The first-order valence-corrected chi connectivity index (χ1v) is 13.7. The molecule has 4 aromatic heterocycles. The molecule has 1 amide bonds. The summed E-state index contributed by atoms with van der Waals surface area (Å²) in [6, 6.07) is 10.8. The van der Waals surface area contributed by atoms with Gasteiger partial charge in [-0.25, -0.2) is 4.98 Å². The zero-order valence-corrected chi connectivity index (χ0v) is 23.6. The van der Waals surface area contributed by atoms with E-state index in [1.165, 1.54) is 23.0 Å². The number of fused-ring (bicyclic) bond motifs is 1. The van der Waals surface area contributed by atoms with E-state index in [1.54, 1.807) is 31.5 Å². The highest BCUT2D eigenvalue weighted by molar-refractivity contribution is 5.96. The van der Waals surface area contributed by atoms with Gasteiger partial charge in [0.15, 0.2) is 23.4 Å². The molecule has 1 saturated heterocycles. The summed E-state index contributed by atoms with van der Waals surface area (Å²) in [5.74, 6) is 0.947. The largest absolute Gasteiger partial charge is 0.507 e. The first-order valence-electron chi connectivity index (χ1n) is 13.7. The quantitative estimate of drug-likeness (QED) is 0.270. The maximum absolute atomic E-state index is 13.0. The Kier molecular flexibility index (Phi) is 7.33. The zero-order valence-electron chi connectivity index (χ0n) is 23.6. The van der Waals surface area contributed by atoms with E-state index >= 15 is 0 Å². The summed E-state index contributed by atoms with van der Waals surface area (Å²) in [4.78, 5) is 40.3. The smallest absolute Gasteiger partial charge is 0.259 e. The lowest BCUT2D eigenvalue weighted by molar-refractivity contribution is 0.0708. The zero-order chi connectivity index (χ0) is 30.1. The van der Waals surface area contributed by atoms with Crippen molar-refractivity contribution in [3.63, 3.8) is 0 Å². The number of methoxy groups -OCH3 is 2. The van der Waals surface area contributed by atoms with Gasteiger partial charge in [-0.1, -0.05) is 6.07 Å². The van der Waals surface area contributed by atoms with Crippen LogP contribution in [0.15, 0.2) is 61.2 Å². The van der Waals surface area contributed by atoms with Crippen LogP contribution in [0.1, 0.15) is 45.2 Å². The number of hydrogen-bond acceptors (Lipinski definition) is 10. The van der Waals surface area contributed by atoms with Gasteiger partial charge in [0.05, 0.1) is 42.9 Å². The van der Waals surface area contributed by atoms with Crippen molar-refractivity contribution in [1.82, 2.24) is 29.5 Å². The number of amides is 1. The third-order valence-corrected chi connectivity index (χ3v) is 7.82. The second-order valence-electron chi connectivity index (χ2n) is 10.2. The number of benzene rings is 1. The second kappa shape index (κ2) is 11.4. The van der Waals surface area contributed by atoms with Crippen LogP contribution in [0.2, 0.25) is 0 Å². The van der Waals surface area contributed by atoms with E-state index in [2.05, 4.69) is 15.1 Å². The first-order chi connectivity index (χ1) is 20.9. The van der Waals surface area contributed by atoms with Crippen LogP contribution in [-0.4, -0.2) is 74.1 Å². The van der Waals surface area contributed by atoms with Gasteiger partial charge in [-0.2, -0.15) is 9.61 Å². The predicted octanol–water partition coefficient (Wildman–Crippen LogP) is 3.99. The molecule has 0 unspecified atom stereocenters. The van der Waals surface area contributed by atoms with Crippen LogP contribution in [0, 0.1) is 0 Å². The summed E-state index contributed by atoms with van der Waals surface area (Å²) in [7, 11) is 3.18. The minimum absolute atomic E-state index is 0.104. The topological polar surface area (TPSA) is 158 Å². The molecule has 0 spiro atoms. The molecule has 12 heteroatoms. The lowest BCUT2D eigenvalue weighted by atomic mass is 9.90. The van der Waals surface area contributed by atoms with E-state index in [-0.39, 0.29) is 29.0 Å². The summed E-state index contributed by atoms with van der Waals surface area (Å²) in [5, 5.41) is 14.5. The van der Waals surface area contributed by atoms with Gasteiger partial charge in [-0.15, -0.1) is 0 Å². The summed E-state index contributed by atoms with van der Waals surface area (Å²) in [6.45, 7) is 0.854. The van der Waals surface area contributed by atoms with E-state index in [1.807, 2.05) is 30.3 Å². The van der Waals surface area contributed by atoms with Crippen molar-refractivity contribution in [2.75, 3.05) is 33.0 Å². The van der Waals surface area contributed by atoms with Gasteiger partial charge in [-0.3, -0.25) is 19.6 Å². The van der Waals surface area contributed by atoms with Crippen LogP contribution < -0.4 is 15.2 Å². The van der Waals surface area contributed by atoms with E-state index < -0.39 is 0 Å². The predicted molar refractivity (Wildman–Crippen MR) is 158 cm³/mol. The molecule has 0 aliphatic carbocycles. The van der Waals surface area contributed by atoms with Crippen LogP contribution in [0.3, 0.4) is 0 Å². The van der Waals surface area contributed by atoms with Crippen LogP contribution in [0.25, 0.3) is 28.0 Å². The molecule has 1 fully saturated rings. The third-order valence-electron chi connectivity index (χ3n) is 7.82. The Hall–Kier alpha value is -5.52. The van der Waals surface area contributed by atoms with Gasteiger partial charge in [0.1, 0.15) is 11.6 Å². The van der Waals surface area contributed by atoms with Crippen LogP contribution >= 0.6 is 0 Å². The average molecular weight is 580 g/mol. The fourth-order valence-electron chi connectivity index (χ4n) is 5.48. The summed E-state index contributed by atoms with van der Waals surface area (Å²) >= 11 is 0. The maximum atomic E-state index is 13.0. The Morgan fingerprint density at radius 1 is 1.02 bits per heavy atom. The van der Waals surface area contributed by atoms with Crippen LogP contribution in [0.4, 0.5) is 5.82 Å². The highest BCUT2D eigenvalue weighted by Crippen LogP contribution is 2.35. The molecule has 0 saturated carbocycles. The van der Waals surface area contributed by atoms with Crippen molar-refractivity contribution in [3.8, 4) is 39.6 Å². The number of hydrogen-bond donors (Lipinski definition) is 2. The molecule has 5 aromatic rings. The fraction of sp³-hybridized carbons (Fsp3) is 0.226. The number of nitrogens with two attached hydrogens (primary N) is 1. The van der Waals surface area contributed by atoms with Gasteiger partial charge >= 0.3 is 0 Å². The molecular weight excluding hydrogens is 550 g/mol. The highest BCUT2D eigenvalue weighted by Gasteiger charge is 2.30. The number of aromatic nitrogens is 5. The number of aldehydes is 1. The molecule has 5 heterocycles. The Labute approximate surface area is 246 Å². The van der Waals surface area contributed by atoms with Crippen molar-refractivity contribution in [2.45, 2.75) is 18.8 Å². The van der Waals surface area contributed by atoms with Crippen molar-refractivity contribution in [1.29, 1.82) is 0 Å². The average Bonchev–Trinajstić information content (AvgIpc) is 3.49. The van der Waals surface area contributed by atoms with Crippen molar-refractivity contribution in [2.24, 2.45) is 0 Å².